The highest BCUT2D eigenvalue weighted by Crippen LogP contribution is 2.31. The standard InChI is InChI=1S/C20H36N2O11S3/c1-8(2)29-19-11(22-9(3)24)15(12(25)10(7-23)30-19)31-20-14(27)13(26)16(33-34)17(32-20)18(28)21-5-6-36-35-4/h8,10-17,19-20,23,25-27,34H,5-7H2,1-4H3,(H,21,28)(H,22,24). The van der Waals surface area contributed by atoms with Gasteiger partial charge in [0.05, 0.1) is 12.7 Å². The monoisotopic (exact) mass is 576 g/mol. The van der Waals surface area contributed by atoms with E-state index in [2.05, 4.69) is 23.5 Å². The van der Waals surface area contributed by atoms with Gasteiger partial charge in [-0.3, -0.25) is 9.59 Å². The predicted molar refractivity (Wildman–Crippen MR) is 134 cm³/mol. The number of aliphatic hydroxyl groups excluding tert-OH is 4. The molecule has 6 N–H and O–H groups in total. The van der Waals surface area contributed by atoms with Crippen molar-refractivity contribution in [3.05, 3.63) is 0 Å². The number of carbonyl (C=O) groups excluding carboxylic acids is 2. The van der Waals surface area contributed by atoms with Crippen molar-refractivity contribution < 1.29 is 53.1 Å². The summed E-state index contributed by atoms with van der Waals surface area (Å²) in [6.07, 6.45) is -11.3. The van der Waals surface area contributed by atoms with Crippen LogP contribution in [0.1, 0.15) is 20.8 Å². The summed E-state index contributed by atoms with van der Waals surface area (Å²) in [6.45, 7) is 4.41. The van der Waals surface area contributed by atoms with Crippen LogP contribution in [0.4, 0.5) is 0 Å². The van der Waals surface area contributed by atoms with Crippen LogP contribution >= 0.6 is 34.5 Å². The highest BCUT2D eigenvalue weighted by Gasteiger charge is 2.53. The normalized spacial score (nSPS) is 37.1. The summed E-state index contributed by atoms with van der Waals surface area (Å²) in [5, 5.41) is 47.1. The number of hydrogen-bond donors (Lipinski definition) is 7. The Labute approximate surface area is 223 Å². The van der Waals surface area contributed by atoms with Crippen LogP contribution in [-0.2, 0) is 32.7 Å². The first-order valence-electron chi connectivity index (χ1n) is 11.3. The summed E-state index contributed by atoms with van der Waals surface area (Å²) in [7, 11) is 3.07. The lowest BCUT2D eigenvalue weighted by molar-refractivity contribution is -0.339. The van der Waals surface area contributed by atoms with Crippen LogP contribution in [0.5, 0.6) is 0 Å². The van der Waals surface area contributed by atoms with Crippen LogP contribution in [0.25, 0.3) is 0 Å². The Kier molecular flexibility index (Phi) is 13.5. The third kappa shape index (κ3) is 8.31. The Morgan fingerprint density at radius 2 is 1.78 bits per heavy atom. The number of nitrogens with one attached hydrogen (secondary N) is 2. The lowest BCUT2D eigenvalue weighted by Gasteiger charge is -2.47. The minimum absolute atomic E-state index is 0.309. The molecular weight excluding hydrogens is 540 g/mol. The Morgan fingerprint density at radius 3 is 2.33 bits per heavy atom. The van der Waals surface area contributed by atoms with E-state index in [-0.39, 0.29) is 6.10 Å². The van der Waals surface area contributed by atoms with E-state index in [1.165, 1.54) is 28.5 Å². The number of ether oxygens (including phenoxy) is 4. The Bertz CT molecular complexity index is 710. The first-order valence-corrected chi connectivity index (χ1v) is 14.4. The fraction of sp³-hybridized carbons (Fsp3) is 0.900. The predicted octanol–water partition coefficient (Wildman–Crippen LogP) is -1.82. The van der Waals surface area contributed by atoms with Crippen molar-refractivity contribution in [2.24, 2.45) is 0 Å². The maximum atomic E-state index is 12.8. The van der Waals surface area contributed by atoms with Crippen LogP contribution in [-0.4, -0.2) is 125 Å². The molecule has 0 spiro atoms. The molecule has 2 aliphatic heterocycles. The zero-order valence-corrected chi connectivity index (χ0v) is 22.9. The van der Waals surface area contributed by atoms with Gasteiger partial charge in [-0.2, -0.15) is 0 Å². The van der Waals surface area contributed by atoms with E-state index >= 15 is 0 Å². The van der Waals surface area contributed by atoms with Crippen molar-refractivity contribution in [1.82, 2.24) is 10.6 Å². The quantitative estimate of drug-likeness (QED) is 0.0597. The molecule has 2 rings (SSSR count). The number of carbonyl (C=O) groups is 2. The molecule has 16 heteroatoms. The van der Waals surface area contributed by atoms with Gasteiger partial charge in [-0.25, -0.2) is 0 Å². The molecule has 0 saturated carbocycles. The van der Waals surface area contributed by atoms with Crippen molar-refractivity contribution in [1.29, 1.82) is 0 Å². The summed E-state index contributed by atoms with van der Waals surface area (Å²) in [6, 6.07) is -1.09. The van der Waals surface area contributed by atoms with E-state index in [9.17, 15) is 30.0 Å². The average molecular weight is 577 g/mol. The van der Waals surface area contributed by atoms with Gasteiger partial charge in [-0.1, -0.05) is 21.6 Å². The van der Waals surface area contributed by atoms with Crippen molar-refractivity contribution in [3.63, 3.8) is 0 Å². The SMILES string of the molecule is CSSCCNC(=O)C1OC(OC2C(O)C(CO)OC(OC(C)C)C2NC(C)=O)C(O)C(O)C1OS. The lowest BCUT2D eigenvalue weighted by atomic mass is 9.95. The van der Waals surface area contributed by atoms with E-state index in [0.717, 1.165) is 0 Å². The third-order valence-electron chi connectivity index (χ3n) is 5.45. The second-order valence-corrected chi connectivity index (χ2v) is 11.4. The van der Waals surface area contributed by atoms with Crippen LogP contribution in [0, 0.1) is 0 Å². The Balaban J connectivity index is 2.28. The molecule has 10 atom stereocenters. The van der Waals surface area contributed by atoms with Crippen molar-refractivity contribution in [2.75, 3.05) is 25.2 Å². The number of thiol groups is 1. The molecule has 13 nitrogen and oxygen atoms in total. The molecule has 0 aliphatic carbocycles. The van der Waals surface area contributed by atoms with E-state index in [1.54, 1.807) is 13.8 Å². The fourth-order valence-electron chi connectivity index (χ4n) is 3.84. The van der Waals surface area contributed by atoms with Gasteiger partial charge in [0.25, 0.3) is 5.91 Å². The number of amides is 2. The average Bonchev–Trinajstić information content (AvgIpc) is 2.82. The maximum Gasteiger partial charge on any atom is 0.252 e. The number of hydrogen-bond acceptors (Lipinski definition) is 14. The molecule has 0 bridgehead atoms. The van der Waals surface area contributed by atoms with E-state index < -0.39 is 79.8 Å². The van der Waals surface area contributed by atoms with Crippen molar-refractivity contribution in [3.8, 4) is 0 Å². The summed E-state index contributed by atoms with van der Waals surface area (Å²) in [4.78, 5) is 24.7. The van der Waals surface area contributed by atoms with Crippen LogP contribution < -0.4 is 10.6 Å². The molecule has 0 radical (unpaired) electrons. The first kappa shape index (κ1) is 31.8. The second-order valence-electron chi connectivity index (χ2n) is 8.48. The van der Waals surface area contributed by atoms with Crippen LogP contribution in [0.15, 0.2) is 0 Å². The summed E-state index contributed by atoms with van der Waals surface area (Å²) in [5.41, 5.74) is 0. The summed E-state index contributed by atoms with van der Waals surface area (Å²) >= 11 is 3.71. The van der Waals surface area contributed by atoms with Crippen molar-refractivity contribution >= 4 is 46.3 Å². The second kappa shape index (κ2) is 15.3. The van der Waals surface area contributed by atoms with Gasteiger partial charge in [0, 0.05) is 19.2 Å². The van der Waals surface area contributed by atoms with Gasteiger partial charge < -0.3 is 54.2 Å². The highest BCUT2D eigenvalue weighted by atomic mass is 33.1. The minimum Gasteiger partial charge on any atom is -0.394 e. The highest BCUT2D eigenvalue weighted by molar-refractivity contribution is 8.76. The Hall–Kier alpha value is -0.370. The molecule has 210 valence electrons. The van der Waals surface area contributed by atoms with Gasteiger partial charge in [-0.15, -0.1) is 0 Å². The maximum absolute atomic E-state index is 12.8. The molecule has 0 aromatic rings. The minimum atomic E-state index is -1.72. The fourth-order valence-corrected chi connectivity index (χ4v) is 5.17. The molecule has 2 aliphatic rings. The zero-order valence-electron chi connectivity index (χ0n) is 20.4. The molecule has 0 aromatic carbocycles. The molecule has 36 heavy (non-hydrogen) atoms. The van der Waals surface area contributed by atoms with Crippen LogP contribution in [0.2, 0.25) is 0 Å². The number of aliphatic hydroxyl groups is 4. The molecule has 2 amide bonds. The summed E-state index contributed by atoms with van der Waals surface area (Å²) < 4.78 is 27.8. The topological polar surface area (TPSA) is 185 Å². The third-order valence-corrected chi connectivity index (χ3v) is 7.51. The molecular formula is C20H36N2O11S3. The van der Waals surface area contributed by atoms with Gasteiger partial charge in [0.2, 0.25) is 5.91 Å². The van der Waals surface area contributed by atoms with Gasteiger partial charge >= 0.3 is 0 Å². The Morgan fingerprint density at radius 1 is 1.08 bits per heavy atom. The molecule has 2 saturated heterocycles. The first-order chi connectivity index (χ1) is 17.0. The van der Waals surface area contributed by atoms with Gasteiger partial charge in [0.1, 0.15) is 42.7 Å². The lowest BCUT2D eigenvalue weighted by Crippen LogP contribution is -2.68. The zero-order chi connectivity index (χ0) is 27.0. The van der Waals surface area contributed by atoms with E-state index in [1.807, 2.05) is 6.26 Å². The summed E-state index contributed by atoms with van der Waals surface area (Å²) in [5.74, 6) is -0.502. The molecule has 2 fully saturated rings. The van der Waals surface area contributed by atoms with E-state index in [0.29, 0.717) is 12.3 Å². The molecule has 2 heterocycles. The smallest absolute Gasteiger partial charge is 0.252 e. The van der Waals surface area contributed by atoms with Gasteiger partial charge in [-0.05, 0) is 33.0 Å². The van der Waals surface area contributed by atoms with Gasteiger partial charge in [0.15, 0.2) is 18.7 Å². The van der Waals surface area contributed by atoms with Crippen LogP contribution in [0.3, 0.4) is 0 Å². The largest absolute Gasteiger partial charge is 0.394 e. The van der Waals surface area contributed by atoms with Crippen molar-refractivity contribution in [2.45, 2.75) is 88.2 Å². The number of rotatable bonds is 12. The molecule has 0 aromatic heterocycles. The molecule has 10 unspecified atom stereocenters. The van der Waals surface area contributed by atoms with E-state index in [4.69, 9.17) is 23.1 Å².